The fraction of sp³-hybridized carbons (Fsp3) is 0.182. The van der Waals surface area contributed by atoms with E-state index < -0.39 is 0 Å². The van der Waals surface area contributed by atoms with Gasteiger partial charge in [-0.3, -0.25) is 14.9 Å². The molecule has 0 spiro atoms. The number of carbonyl (C=O) groups is 1. The van der Waals surface area contributed by atoms with Crippen molar-refractivity contribution in [2.24, 2.45) is 0 Å². The van der Waals surface area contributed by atoms with Crippen molar-refractivity contribution in [3.05, 3.63) is 42.0 Å². The van der Waals surface area contributed by atoms with Crippen LogP contribution in [0, 0.1) is 0 Å². The number of rotatable bonds is 3. The molecule has 6 heteroatoms. The van der Waals surface area contributed by atoms with E-state index in [1.165, 1.54) is 23.4 Å². The standard InChI is InChI=1S/C11H12N4O2/c1-15(7-8-4-13-14-5-8)11(17)9-2-3-12-6-10(9)16/h2-6,16H,7H2,1H3,(H,13,14). The molecule has 0 saturated heterocycles. The Bertz CT molecular complexity index is 510. The lowest BCUT2D eigenvalue weighted by molar-refractivity contribution is 0.0782. The van der Waals surface area contributed by atoms with Crippen LogP contribution >= 0.6 is 0 Å². The molecule has 0 radical (unpaired) electrons. The zero-order valence-electron chi connectivity index (χ0n) is 9.29. The highest BCUT2D eigenvalue weighted by molar-refractivity contribution is 5.96. The fourth-order valence-electron chi connectivity index (χ4n) is 1.48. The highest BCUT2D eigenvalue weighted by Crippen LogP contribution is 2.16. The second-order valence-electron chi connectivity index (χ2n) is 3.66. The number of hydrogen-bond donors (Lipinski definition) is 2. The van der Waals surface area contributed by atoms with Gasteiger partial charge in [-0.15, -0.1) is 0 Å². The molecule has 0 fully saturated rings. The number of H-pyrrole nitrogens is 1. The number of nitrogens with one attached hydrogen (secondary N) is 1. The molecule has 0 aromatic carbocycles. The first-order valence-corrected chi connectivity index (χ1v) is 5.04. The maximum Gasteiger partial charge on any atom is 0.257 e. The maximum atomic E-state index is 12.0. The Labute approximate surface area is 97.9 Å². The Morgan fingerprint density at radius 1 is 1.53 bits per heavy atom. The normalized spacial score (nSPS) is 10.2. The Morgan fingerprint density at radius 2 is 2.35 bits per heavy atom. The number of carbonyl (C=O) groups excluding carboxylic acids is 1. The third-order valence-corrected chi connectivity index (χ3v) is 2.35. The molecule has 2 aromatic heterocycles. The van der Waals surface area contributed by atoms with Crippen LogP contribution in [0.4, 0.5) is 0 Å². The van der Waals surface area contributed by atoms with E-state index in [0.717, 1.165) is 5.56 Å². The zero-order chi connectivity index (χ0) is 12.3. The third kappa shape index (κ3) is 2.41. The Hall–Kier alpha value is -2.37. The van der Waals surface area contributed by atoms with Gasteiger partial charge in [-0.25, -0.2) is 0 Å². The van der Waals surface area contributed by atoms with Crippen LogP contribution in [-0.4, -0.2) is 38.1 Å². The number of aromatic amines is 1. The summed E-state index contributed by atoms with van der Waals surface area (Å²) in [6.07, 6.45) is 6.09. The number of nitrogens with zero attached hydrogens (tertiary/aromatic N) is 3. The molecule has 0 aliphatic heterocycles. The van der Waals surface area contributed by atoms with E-state index in [1.54, 1.807) is 19.4 Å². The van der Waals surface area contributed by atoms with Gasteiger partial charge in [-0.05, 0) is 6.07 Å². The van der Waals surface area contributed by atoms with Gasteiger partial charge in [0.25, 0.3) is 5.91 Å². The molecule has 17 heavy (non-hydrogen) atoms. The summed E-state index contributed by atoms with van der Waals surface area (Å²) in [5.74, 6) is -0.373. The van der Waals surface area contributed by atoms with Crippen molar-refractivity contribution < 1.29 is 9.90 Å². The molecule has 2 aromatic rings. The molecular formula is C11H12N4O2. The second kappa shape index (κ2) is 4.65. The number of amides is 1. The van der Waals surface area contributed by atoms with E-state index in [1.807, 2.05) is 0 Å². The van der Waals surface area contributed by atoms with Crippen molar-refractivity contribution in [2.45, 2.75) is 6.54 Å². The van der Waals surface area contributed by atoms with E-state index in [4.69, 9.17) is 0 Å². The van der Waals surface area contributed by atoms with Gasteiger partial charge >= 0.3 is 0 Å². The smallest absolute Gasteiger partial charge is 0.257 e. The maximum absolute atomic E-state index is 12.0. The average molecular weight is 232 g/mol. The summed E-state index contributed by atoms with van der Waals surface area (Å²) in [6.45, 7) is 0.428. The molecule has 2 heterocycles. The van der Waals surface area contributed by atoms with E-state index in [-0.39, 0.29) is 17.2 Å². The summed E-state index contributed by atoms with van der Waals surface area (Å²) in [5, 5.41) is 16.0. The molecule has 0 bridgehead atoms. The molecule has 0 aliphatic carbocycles. The van der Waals surface area contributed by atoms with Gasteiger partial charge in [0.05, 0.1) is 18.0 Å². The van der Waals surface area contributed by atoms with E-state index in [0.29, 0.717) is 6.54 Å². The van der Waals surface area contributed by atoms with Gasteiger partial charge in [0, 0.05) is 31.5 Å². The van der Waals surface area contributed by atoms with E-state index in [9.17, 15) is 9.90 Å². The van der Waals surface area contributed by atoms with Crippen molar-refractivity contribution in [3.63, 3.8) is 0 Å². The largest absolute Gasteiger partial charge is 0.505 e. The van der Waals surface area contributed by atoms with E-state index >= 15 is 0 Å². The summed E-state index contributed by atoms with van der Waals surface area (Å²) in [5.41, 5.74) is 1.14. The third-order valence-electron chi connectivity index (χ3n) is 2.35. The molecule has 2 N–H and O–H groups in total. The molecule has 2 rings (SSSR count). The molecule has 1 amide bonds. The highest BCUT2D eigenvalue weighted by atomic mass is 16.3. The first-order chi connectivity index (χ1) is 8.18. The second-order valence-corrected chi connectivity index (χ2v) is 3.66. The van der Waals surface area contributed by atoms with Crippen molar-refractivity contribution >= 4 is 5.91 Å². The van der Waals surface area contributed by atoms with Crippen LogP contribution < -0.4 is 0 Å². The molecule has 0 atom stereocenters. The number of aromatic hydroxyl groups is 1. The van der Waals surface area contributed by atoms with Gasteiger partial charge in [0.15, 0.2) is 0 Å². The SMILES string of the molecule is CN(Cc1cn[nH]c1)C(=O)c1ccncc1O. The lowest BCUT2D eigenvalue weighted by Crippen LogP contribution is -2.26. The summed E-state index contributed by atoms with van der Waals surface area (Å²) in [7, 11) is 1.66. The minimum atomic E-state index is -0.258. The fourth-order valence-corrected chi connectivity index (χ4v) is 1.48. The van der Waals surface area contributed by atoms with Crippen molar-refractivity contribution in [1.82, 2.24) is 20.1 Å². The predicted molar refractivity (Wildman–Crippen MR) is 60.3 cm³/mol. The van der Waals surface area contributed by atoms with Gasteiger partial charge in [-0.1, -0.05) is 0 Å². The highest BCUT2D eigenvalue weighted by Gasteiger charge is 2.15. The monoisotopic (exact) mass is 232 g/mol. The minimum Gasteiger partial charge on any atom is -0.505 e. The summed E-state index contributed by atoms with van der Waals surface area (Å²) < 4.78 is 0. The Morgan fingerprint density at radius 3 is 3.00 bits per heavy atom. The van der Waals surface area contributed by atoms with Crippen LogP contribution in [0.2, 0.25) is 0 Å². The van der Waals surface area contributed by atoms with Crippen molar-refractivity contribution in [3.8, 4) is 5.75 Å². The Balaban J connectivity index is 2.13. The molecule has 88 valence electrons. The number of hydrogen-bond acceptors (Lipinski definition) is 4. The summed E-state index contributed by atoms with van der Waals surface area (Å²) >= 11 is 0. The summed E-state index contributed by atoms with van der Waals surface area (Å²) in [4.78, 5) is 17.2. The quantitative estimate of drug-likeness (QED) is 0.819. The van der Waals surface area contributed by atoms with Crippen LogP contribution in [0.5, 0.6) is 5.75 Å². The van der Waals surface area contributed by atoms with Crippen LogP contribution in [0.25, 0.3) is 0 Å². The zero-order valence-corrected chi connectivity index (χ0v) is 9.29. The van der Waals surface area contributed by atoms with Crippen LogP contribution in [0.3, 0.4) is 0 Å². The first kappa shape index (κ1) is 11.1. The minimum absolute atomic E-state index is 0.114. The Kier molecular flexibility index (Phi) is 3.04. The number of pyridine rings is 1. The summed E-state index contributed by atoms with van der Waals surface area (Å²) in [6, 6.07) is 1.49. The molecule has 0 unspecified atom stereocenters. The van der Waals surface area contributed by atoms with E-state index in [2.05, 4.69) is 15.2 Å². The average Bonchev–Trinajstić information content (AvgIpc) is 2.81. The predicted octanol–water partition coefficient (Wildman–Crippen LogP) is 0.783. The molecule has 0 saturated carbocycles. The molecular weight excluding hydrogens is 220 g/mol. The lowest BCUT2D eigenvalue weighted by Gasteiger charge is -2.16. The van der Waals surface area contributed by atoms with Crippen LogP contribution in [0.1, 0.15) is 15.9 Å². The lowest BCUT2D eigenvalue weighted by atomic mass is 10.2. The van der Waals surface area contributed by atoms with Crippen molar-refractivity contribution in [1.29, 1.82) is 0 Å². The van der Waals surface area contributed by atoms with Gasteiger partial charge in [-0.2, -0.15) is 5.10 Å². The van der Waals surface area contributed by atoms with Crippen LogP contribution in [0.15, 0.2) is 30.9 Å². The van der Waals surface area contributed by atoms with Gasteiger partial charge < -0.3 is 10.0 Å². The topological polar surface area (TPSA) is 82.1 Å². The first-order valence-electron chi connectivity index (χ1n) is 5.04. The molecule has 0 aliphatic rings. The van der Waals surface area contributed by atoms with Gasteiger partial charge in [0.2, 0.25) is 0 Å². The molecule has 6 nitrogen and oxygen atoms in total. The van der Waals surface area contributed by atoms with Crippen molar-refractivity contribution in [2.75, 3.05) is 7.05 Å². The van der Waals surface area contributed by atoms with Crippen LogP contribution in [-0.2, 0) is 6.54 Å². The number of aromatic nitrogens is 3. The van der Waals surface area contributed by atoms with Gasteiger partial charge in [0.1, 0.15) is 5.75 Å².